The molecular weight excluding hydrogens is 567 g/mol. The zero-order valence-electron chi connectivity index (χ0n) is 22.0. The second-order valence-electron chi connectivity index (χ2n) is 9.20. The van der Waals surface area contributed by atoms with Gasteiger partial charge in [0.1, 0.15) is 23.0 Å². The number of nitrogens with one attached hydrogen (secondary N) is 1. The van der Waals surface area contributed by atoms with E-state index in [4.69, 9.17) is 27.9 Å². The topological polar surface area (TPSA) is 126 Å². The van der Waals surface area contributed by atoms with Crippen molar-refractivity contribution in [1.82, 2.24) is 33.4 Å². The van der Waals surface area contributed by atoms with E-state index in [0.717, 1.165) is 9.87 Å². The Balaban J connectivity index is 1.58. The molecule has 2 unspecified atom stereocenters. The van der Waals surface area contributed by atoms with Gasteiger partial charge in [-0.15, -0.1) is 0 Å². The van der Waals surface area contributed by atoms with Crippen LogP contribution in [0.2, 0.25) is 10.2 Å². The van der Waals surface area contributed by atoms with Gasteiger partial charge in [-0.2, -0.15) is 22.0 Å². The number of imidazole rings is 1. The molecule has 3 aromatic rings. The number of carbonyl (C=O) groups is 1. The molecule has 1 saturated heterocycles. The van der Waals surface area contributed by atoms with E-state index in [-0.39, 0.29) is 36.6 Å². The first-order chi connectivity index (χ1) is 18.5. The van der Waals surface area contributed by atoms with Crippen LogP contribution >= 0.6 is 23.2 Å². The average Bonchev–Trinajstić information content (AvgIpc) is 3.43. The smallest absolute Gasteiger partial charge is 0.281 e. The predicted octanol–water partition coefficient (Wildman–Crippen LogP) is 2.54. The molecule has 0 bridgehead atoms. The minimum atomic E-state index is -3.69. The van der Waals surface area contributed by atoms with Crippen molar-refractivity contribution in [2.45, 2.75) is 25.4 Å². The van der Waals surface area contributed by atoms with Crippen molar-refractivity contribution in [2.24, 2.45) is 0 Å². The van der Waals surface area contributed by atoms with E-state index in [1.165, 1.54) is 25.5 Å². The number of carbonyl (C=O) groups excluding carboxylic acids is 1. The lowest BCUT2D eigenvalue weighted by Crippen LogP contribution is -2.58. The van der Waals surface area contributed by atoms with Crippen LogP contribution in [0.25, 0.3) is 5.95 Å². The molecule has 2 atom stereocenters. The first-order valence-corrected chi connectivity index (χ1v) is 14.2. The van der Waals surface area contributed by atoms with Gasteiger partial charge in [0.15, 0.2) is 0 Å². The van der Waals surface area contributed by atoms with Crippen molar-refractivity contribution in [3.05, 3.63) is 58.7 Å². The second-order valence-corrected chi connectivity index (χ2v) is 12.1. The summed E-state index contributed by atoms with van der Waals surface area (Å²) in [6.45, 7) is 2.44. The normalized spacial score (nSPS) is 17.3. The molecule has 12 nitrogen and oxygen atoms in total. The number of amides is 1. The van der Waals surface area contributed by atoms with Gasteiger partial charge in [0.05, 0.1) is 24.2 Å². The van der Waals surface area contributed by atoms with Crippen LogP contribution in [0.15, 0.2) is 43.0 Å². The fourth-order valence-electron chi connectivity index (χ4n) is 4.33. The van der Waals surface area contributed by atoms with Crippen LogP contribution in [0.5, 0.6) is 5.75 Å². The number of halogens is 2. The van der Waals surface area contributed by atoms with Crippen LogP contribution in [-0.2, 0) is 15.0 Å². The Kier molecular flexibility index (Phi) is 8.96. The molecule has 210 valence electrons. The number of hydrogen-bond donors (Lipinski definition) is 1. The van der Waals surface area contributed by atoms with E-state index in [0.29, 0.717) is 29.1 Å². The van der Waals surface area contributed by atoms with Crippen LogP contribution in [0.4, 0.5) is 5.82 Å². The van der Waals surface area contributed by atoms with Crippen LogP contribution < -0.4 is 15.0 Å². The molecule has 0 aliphatic carbocycles. The molecule has 0 spiro atoms. The predicted molar refractivity (Wildman–Crippen MR) is 149 cm³/mol. The molecule has 1 aliphatic heterocycles. The number of ether oxygens (including phenoxy) is 1. The molecule has 0 radical (unpaired) electrons. The Labute approximate surface area is 237 Å². The lowest BCUT2D eigenvalue weighted by atomic mass is 10.1. The summed E-state index contributed by atoms with van der Waals surface area (Å²) in [7, 11) is 0.798. The molecule has 1 aliphatic rings. The van der Waals surface area contributed by atoms with E-state index < -0.39 is 16.3 Å². The lowest BCUT2D eigenvalue weighted by Gasteiger charge is -2.42. The average molecular weight is 598 g/mol. The van der Waals surface area contributed by atoms with Gasteiger partial charge in [-0.3, -0.25) is 9.36 Å². The highest BCUT2D eigenvalue weighted by Gasteiger charge is 2.36. The fourth-order valence-corrected chi connectivity index (χ4v) is 5.90. The Morgan fingerprint density at radius 2 is 2.00 bits per heavy atom. The van der Waals surface area contributed by atoms with Crippen LogP contribution in [0.3, 0.4) is 0 Å². The summed E-state index contributed by atoms with van der Waals surface area (Å²) >= 11 is 12.6. The van der Waals surface area contributed by atoms with Gasteiger partial charge in [-0.1, -0.05) is 29.3 Å². The van der Waals surface area contributed by atoms with Crippen LogP contribution in [0.1, 0.15) is 24.9 Å². The van der Waals surface area contributed by atoms with Gasteiger partial charge in [0.2, 0.25) is 11.9 Å². The number of benzene rings is 1. The highest BCUT2D eigenvalue weighted by Crippen LogP contribution is 2.28. The summed E-state index contributed by atoms with van der Waals surface area (Å²) in [6, 6.07) is 6.04. The van der Waals surface area contributed by atoms with Gasteiger partial charge in [0, 0.05) is 58.6 Å². The molecule has 1 amide bonds. The maximum atomic E-state index is 13.2. The third kappa shape index (κ3) is 6.61. The zero-order valence-corrected chi connectivity index (χ0v) is 24.3. The van der Waals surface area contributed by atoms with Crippen molar-refractivity contribution in [3.8, 4) is 11.7 Å². The van der Waals surface area contributed by atoms with Crippen molar-refractivity contribution < 1.29 is 17.9 Å². The van der Waals surface area contributed by atoms with Crippen molar-refractivity contribution in [1.29, 1.82) is 0 Å². The number of nitrogens with zero attached hydrogens (tertiary/aromatic N) is 7. The van der Waals surface area contributed by atoms with Crippen molar-refractivity contribution in [2.75, 3.05) is 45.7 Å². The summed E-state index contributed by atoms with van der Waals surface area (Å²) in [5.74, 6) is 1.07. The Hall–Kier alpha value is -2.97. The maximum absolute atomic E-state index is 13.2. The first kappa shape index (κ1) is 29.0. The molecule has 1 fully saturated rings. The maximum Gasteiger partial charge on any atom is 0.281 e. The summed E-state index contributed by atoms with van der Waals surface area (Å²) in [6.07, 6.45) is 4.85. The molecule has 15 heteroatoms. The fraction of sp³-hybridized carbons (Fsp3) is 0.417. The van der Waals surface area contributed by atoms with E-state index in [1.807, 2.05) is 17.9 Å². The largest absolute Gasteiger partial charge is 0.495 e. The van der Waals surface area contributed by atoms with Gasteiger partial charge < -0.3 is 15.0 Å². The number of hydrogen-bond acceptors (Lipinski definition) is 8. The third-order valence-electron chi connectivity index (χ3n) is 6.41. The number of anilines is 1. The van der Waals surface area contributed by atoms with Crippen LogP contribution in [0, 0.1) is 0 Å². The molecule has 0 saturated carbocycles. The van der Waals surface area contributed by atoms with Crippen LogP contribution in [-0.4, -0.2) is 89.3 Å². The number of methoxy groups -OCH3 is 1. The van der Waals surface area contributed by atoms with Gasteiger partial charge >= 0.3 is 0 Å². The summed E-state index contributed by atoms with van der Waals surface area (Å²) in [4.78, 5) is 28.1. The Morgan fingerprint density at radius 3 is 2.64 bits per heavy atom. The first-order valence-electron chi connectivity index (χ1n) is 12.1. The molecule has 1 aromatic carbocycles. The molecule has 3 heterocycles. The monoisotopic (exact) mass is 596 g/mol. The molecule has 2 aromatic heterocycles. The second kappa shape index (κ2) is 12.0. The van der Waals surface area contributed by atoms with E-state index in [1.54, 1.807) is 41.5 Å². The Bertz CT molecular complexity index is 1420. The van der Waals surface area contributed by atoms with Gasteiger partial charge in [-0.05, 0) is 24.6 Å². The SMILES string of the molecule is COc1ccc(C(C)NC(=O)CC2CN(S(=O)(=O)N(C)C)CCN2c2cc(Cl)nc(-n3ccnc3)n2)cc1Cl. The number of piperazine rings is 1. The molecule has 39 heavy (non-hydrogen) atoms. The minimum absolute atomic E-state index is 0.00963. The summed E-state index contributed by atoms with van der Waals surface area (Å²) in [5.41, 5.74) is 0.805. The van der Waals surface area contributed by atoms with E-state index >= 15 is 0 Å². The molecule has 1 N–H and O–H groups in total. The van der Waals surface area contributed by atoms with Crippen molar-refractivity contribution in [3.63, 3.8) is 0 Å². The number of aromatic nitrogens is 4. The molecule has 4 rings (SSSR count). The standard InChI is InChI=1S/C24H30Cl2N8O4S/c1-16(17-5-6-20(38-4)19(25)11-17)28-23(35)12-18-14-33(39(36,37)31(2)3)9-10-34(18)22-13-21(26)29-24(30-22)32-8-7-27-15-32/h5-8,11,13,15-16,18H,9-10,12,14H2,1-4H3,(H,28,35). The van der Waals surface area contributed by atoms with Gasteiger partial charge in [-0.25, -0.2) is 9.97 Å². The van der Waals surface area contributed by atoms with E-state index in [9.17, 15) is 13.2 Å². The Morgan fingerprint density at radius 1 is 1.23 bits per heavy atom. The number of rotatable bonds is 9. The van der Waals surface area contributed by atoms with Crippen molar-refractivity contribution >= 4 is 45.1 Å². The highest BCUT2D eigenvalue weighted by molar-refractivity contribution is 7.86. The summed E-state index contributed by atoms with van der Waals surface area (Å²) < 4.78 is 35.2. The third-order valence-corrected chi connectivity index (χ3v) is 8.80. The molecular formula is C24H30Cl2N8O4S. The van der Waals surface area contributed by atoms with E-state index in [2.05, 4.69) is 20.3 Å². The quantitative estimate of drug-likeness (QED) is 0.373. The highest BCUT2D eigenvalue weighted by atomic mass is 35.5. The lowest BCUT2D eigenvalue weighted by molar-refractivity contribution is -0.122. The van der Waals surface area contributed by atoms with Gasteiger partial charge in [0.25, 0.3) is 10.2 Å². The summed E-state index contributed by atoms with van der Waals surface area (Å²) in [5, 5.41) is 3.63. The minimum Gasteiger partial charge on any atom is -0.495 e. The zero-order chi connectivity index (χ0) is 28.3.